The minimum atomic E-state index is -2.01. The largest absolute Gasteiger partial charge is 0.491 e. The van der Waals surface area contributed by atoms with Gasteiger partial charge in [0.05, 0.1) is 43.4 Å². The van der Waals surface area contributed by atoms with Crippen molar-refractivity contribution >= 4 is 29.6 Å². The lowest BCUT2D eigenvalue weighted by Crippen LogP contribution is -2.56. The van der Waals surface area contributed by atoms with Crippen molar-refractivity contribution in [1.29, 1.82) is 0 Å². The van der Waals surface area contributed by atoms with Crippen LogP contribution in [0.15, 0.2) is 158 Å². The molecule has 5 aromatic carbocycles. The SMILES string of the molecule is COCCOC(=O)N1C(=O)C2(c3cc(C#CCN(C)Cc4ccccc4)ccc31)C(C(=O)NCCc1ccccn1)C1C(=O)OC(c3ccccc3)C(c3ccccc3)N1C2c1ccc(OCCO)cc1. The van der Waals surface area contributed by atoms with Crippen LogP contribution in [0.5, 0.6) is 5.75 Å². The molecule has 6 unspecified atom stereocenters. The smallest absolute Gasteiger partial charge is 0.421 e. The Kier molecular flexibility index (Phi) is 15.0. The maximum Gasteiger partial charge on any atom is 0.421 e. The summed E-state index contributed by atoms with van der Waals surface area (Å²) in [7, 11) is 3.45. The molecule has 6 aromatic rings. The van der Waals surface area contributed by atoms with Gasteiger partial charge in [-0.2, -0.15) is 0 Å². The number of benzene rings is 5. The van der Waals surface area contributed by atoms with E-state index in [0.29, 0.717) is 47.5 Å². The zero-order valence-corrected chi connectivity index (χ0v) is 39.6. The maximum atomic E-state index is 16.4. The fourth-order valence-electron chi connectivity index (χ4n) is 10.3. The molecule has 3 amide bonds. The molecule has 6 atom stereocenters. The molecule has 0 aliphatic carbocycles. The van der Waals surface area contributed by atoms with Gasteiger partial charge in [-0.1, -0.05) is 121 Å². The predicted octanol–water partition coefficient (Wildman–Crippen LogP) is 6.74. The number of anilines is 1. The van der Waals surface area contributed by atoms with Crippen LogP contribution in [0, 0.1) is 17.8 Å². The number of pyridine rings is 1. The average Bonchev–Trinajstić information content (AvgIpc) is 3.86. The third-order valence-corrected chi connectivity index (χ3v) is 13.3. The number of aliphatic hydroxyl groups excluding tert-OH is 1. The highest BCUT2D eigenvalue weighted by atomic mass is 16.6. The van der Waals surface area contributed by atoms with E-state index in [-0.39, 0.29) is 38.7 Å². The molecule has 1 spiro atoms. The minimum absolute atomic E-state index is 0.0419. The van der Waals surface area contributed by atoms with Crippen molar-refractivity contribution in [1.82, 2.24) is 20.1 Å². The standard InChI is InChI=1S/C57H55N5O9/c1-60(38-40-15-6-3-7-16-40)32-14-17-39-23-28-47-46(37-39)57(55(66)61(47)56(67)70-36-35-68-2)48(53(64)59-31-29-44-22-12-13-30-58-44)50-54(65)71-51(42-20-10-5-11-21-42)49(41-18-8-4-9-19-41)62(50)52(57)43-24-26-45(27-25-43)69-34-33-63/h3-13,15-16,18-28,30,37,48-52,63H,29,31-36,38H2,1-2H3,(H,59,64). The maximum absolute atomic E-state index is 16.4. The van der Waals surface area contributed by atoms with Gasteiger partial charge in [-0.25, -0.2) is 9.69 Å². The van der Waals surface area contributed by atoms with E-state index in [0.717, 1.165) is 21.7 Å². The zero-order valence-electron chi connectivity index (χ0n) is 39.6. The van der Waals surface area contributed by atoms with E-state index in [4.69, 9.17) is 18.9 Å². The zero-order chi connectivity index (χ0) is 49.3. The van der Waals surface area contributed by atoms with E-state index >= 15 is 14.4 Å². The molecule has 71 heavy (non-hydrogen) atoms. The van der Waals surface area contributed by atoms with Crippen LogP contribution in [-0.4, -0.2) is 103 Å². The molecule has 3 aliphatic heterocycles. The number of cyclic esters (lactones) is 1. The van der Waals surface area contributed by atoms with Crippen molar-refractivity contribution in [2.24, 2.45) is 5.92 Å². The monoisotopic (exact) mass is 953 g/mol. The van der Waals surface area contributed by atoms with Gasteiger partial charge in [-0.3, -0.25) is 29.2 Å². The van der Waals surface area contributed by atoms with E-state index in [2.05, 4.69) is 39.2 Å². The highest BCUT2D eigenvalue weighted by Gasteiger charge is 2.75. The van der Waals surface area contributed by atoms with Gasteiger partial charge in [0, 0.05) is 44.1 Å². The summed E-state index contributed by atoms with van der Waals surface area (Å²) in [6.07, 6.45) is 0.151. The number of nitrogens with one attached hydrogen (secondary N) is 1. The highest BCUT2D eigenvalue weighted by Crippen LogP contribution is 2.66. The number of esters is 1. The molecular formula is C57H55N5O9. The number of aromatic nitrogens is 1. The van der Waals surface area contributed by atoms with Crippen LogP contribution in [0.25, 0.3) is 0 Å². The predicted molar refractivity (Wildman–Crippen MR) is 265 cm³/mol. The van der Waals surface area contributed by atoms with Crippen LogP contribution >= 0.6 is 0 Å². The number of imide groups is 1. The number of carbonyl (C=O) groups excluding carboxylic acids is 4. The lowest BCUT2D eigenvalue weighted by atomic mass is 9.65. The fraction of sp³-hybridized carbons (Fsp3) is 0.281. The fourth-order valence-corrected chi connectivity index (χ4v) is 10.3. The summed E-state index contributed by atoms with van der Waals surface area (Å²) in [5.74, 6) is 3.48. The number of ether oxygens (including phenoxy) is 4. The van der Waals surface area contributed by atoms with Crippen LogP contribution in [0.1, 0.15) is 57.3 Å². The van der Waals surface area contributed by atoms with Gasteiger partial charge in [0.25, 0.3) is 0 Å². The minimum Gasteiger partial charge on any atom is -0.491 e. The van der Waals surface area contributed by atoms with Gasteiger partial charge < -0.3 is 29.4 Å². The Morgan fingerprint density at radius 3 is 2.21 bits per heavy atom. The molecule has 2 N–H and O–H groups in total. The number of rotatable bonds is 16. The number of carbonyl (C=O) groups is 4. The Morgan fingerprint density at radius 2 is 1.52 bits per heavy atom. The van der Waals surface area contributed by atoms with Gasteiger partial charge in [0.2, 0.25) is 11.8 Å². The first-order chi connectivity index (χ1) is 34.7. The number of methoxy groups -OCH3 is 1. The van der Waals surface area contributed by atoms with Crippen LogP contribution in [0.4, 0.5) is 10.5 Å². The average molecular weight is 954 g/mol. The van der Waals surface area contributed by atoms with Crippen molar-refractivity contribution in [3.8, 4) is 17.6 Å². The van der Waals surface area contributed by atoms with E-state index < -0.39 is 59.4 Å². The molecule has 0 bridgehead atoms. The van der Waals surface area contributed by atoms with Gasteiger partial charge in [0.15, 0.2) is 0 Å². The van der Waals surface area contributed by atoms with E-state index in [9.17, 15) is 9.90 Å². The number of hydrogen-bond donors (Lipinski definition) is 2. The Hall–Kier alpha value is -7.67. The van der Waals surface area contributed by atoms with Crippen molar-refractivity contribution in [2.75, 3.05) is 58.6 Å². The first-order valence-corrected chi connectivity index (χ1v) is 23.7. The van der Waals surface area contributed by atoms with E-state index in [1.807, 2.05) is 109 Å². The summed E-state index contributed by atoms with van der Waals surface area (Å²) in [5.41, 5.74) is 2.89. The molecule has 362 valence electrons. The second-order valence-corrected chi connectivity index (χ2v) is 17.7. The Bertz CT molecular complexity index is 2880. The summed E-state index contributed by atoms with van der Waals surface area (Å²) < 4.78 is 23.4. The number of nitrogens with zero attached hydrogens (tertiary/aromatic N) is 4. The van der Waals surface area contributed by atoms with Gasteiger partial charge in [-0.15, -0.1) is 0 Å². The summed E-state index contributed by atoms with van der Waals surface area (Å²) in [6, 6.07) is 43.5. The molecule has 1 aromatic heterocycles. The molecular weight excluding hydrogens is 899 g/mol. The van der Waals surface area contributed by atoms with Crippen LogP contribution in [-0.2, 0) is 47.0 Å². The third-order valence-electron chi connectivity index (χ3n) is 13.3. The Labute approximate surface area is 413 Å². The number of morpholine rings is 1. The molecule has 2 fully saturated rings. The van der Waals surface area contributed by atoms with Crippen molar-refractivity contribution in [2.45, 2.75) is 42.6 Å². The molecule has 0 radical (unpaired) electrons. The molecule has 14 nitrogen and oxygen atoms in total. The number of hydrogen-bond acceptors (Lipinski definition) is 12. The summed E-state index contributed by atoms with van der Waals surface area (Å²) in [4.78, 5) is 71.6. The molecule has 4 heterocycles. The second-order valence-electron chi connectivity index (χ2n) is 17.7. The number of aliphatic hydroxyl groups is 1. The van der Waals surface area contributed by atoms with E-state index in [1.54, 1.807) is 48.7 Å². The van der Waals surface area contributed by atoms with Crippen LogP contribution in [0.2, 0.25) is 0 Å². The lowest BCUT2D eigenvalue weighted by molar-refractivity contribution is -0.178. The van der Waals surface area contributed by atoms with Gasteiger partial charge >= 0.3 is 12.1 Å². The summed E-state index contributed by atoms with van der Waals surface area (Å²) >= 11 is 0. The van der Waals surface area contributed by atoms with Crippen LogP contribution in [0.3, 0.4) is 0 Å². The Morgan fingerprint density at radius 1 is 0.817 bits per heavy atom. The summed E-state index contributed by atoms with van der Waals surface area (Å²) in [5, 5.41) is 12.7. The topological polar surface area (TPSA) is 160 Å². The number of amides is 3. The van der Waals surface area contributed by atoms with Crippen LogP contribution < -0.4 is 15.0 Å². The molecule has 2 saturated heterocycles. The Balaban J connectivity index is 1.27. The second kappa shape index (κ2) is 22.0. The van der Waals surface area contributed by atoms with Crippen molar-refractivity contribution < 1.29 is 43.2 Å². The number of fused-ring (bicyclic) bond motifs is 3. The first kappa shape index (κ1) is 48.4. The van der Waals surface area contributed by atoms with Gasteiger partial charge in [0.1, 0.15) is 36.5 Å². The lowest BCUT2D eigenvalue weighted by Gasteiger charge is -2.46. The molecule has 14 heteroatoms. The van der Waals surface area contributed by atoms with Crippen molar-refractivity contribution in [3.05, 3.63) is 197 Å². The molecule has 3 aliphatic rings. The third kappa shape index (κ3) is 9.78. The first-order valence-electron chi connectivity index (χ1n) is 23.7. The van der Waals surface area contributed by atoms with Gasteiger partial charge in [-0.05, 0) is 77.3 Å². The highest BCUT2D eigenvalue weighted by molar-refractivity contribution is 6.23. The summed E-state index contributed by atoms with van der Waals surface area (Å²) in [6.45, 7) is 0.928. The van der Waals surface area contributed by atoms with E-state index in [1.165, 1.54) is 7.11 Å². The molecule has 9 rings (SSSR count). The molecule has 0 saturated carbocycles. The van der Waals surface area contributed by atoms with Crippen molar-refractivity contribution in [3.63, 3.8) is 0 Å². The normalized spacial score (nSPS) is 21.2. The quantitative estimate of drug-likeness (QED) is 0.0599.